The summed E-state index contributed by atoms with van der Waals surface area (Å²) in [5, 5.41) is 5.96. The van der Waals surface area contributed by atoms with Gasteiger partial charge in [-0.2, -0.15) is 8.75 Å². The fourth-order valence-electron chi connectivity index (χ4n) is 1.92. The second-order valence-corrected chi connectivity index (χ2v) is 5.53. The molecule has 2 aromatic carbocycles. The molecule has 2 N–H and O–H groups in total. The monoisotopic (exact) mass is 328 g/mol. The van der Waals surface area contributed by atoms with Gasteiger partial charge in [0.15, 0.2) is 5.11 Å². The minimum atomic E-state index is -0.263. The standard InChI is InChI=1S/C15H12N4OS2/c20-14(11-6-7-12-13(8-11)19-22-18-12)17-15(21)16-9-10-4-2-1-3-5-10/h1-8H,9H2,(H2,16,17,20,21). The maximum Gasteiger partial charge on any atom is 0.257 e. The van der Waals surface area contributed by atoms with Crippen LogP contribution >= 0.6 is 23.9 Å². The van der Waals surface area contributed by atoms with E-state index in [0.29, 0.717) is 22.7 Å². The van der Waals surface area contributed by atoms with Gasteiger partial charge in [0.1, 0.15) is 11.0 Å². The number of benzene rings is 2. The van der Waals surface area contributed by atoms with Crippen molar-refractivity contribution in [3.63, 3.8) is 0 Å². The fourth-order valence-corrected chi connectivity index (χ4v) is 2.60. The van der Waals surface area contributed by atoms with Crippen LogP contribution in [-0.2, 0) is 6.54 Å². The molecule has 1 aromatic heterocycles. The van der Waals surface area contributed by atoms with Gasteiger partial charge in [0.25, 0.3) is 5.91 Å². The van der Waals surface area contributed by atoms with Gasteiger partial charge < -0.3 is 5.32 Å². The largest absolute Gasteiger partial charge is 0.358 e. The molecule has 0 atom stereocenters. The zero-order valence-electron chi connectivity index (χ0n) is 11.4. The number of carbonyl (C=O) groups excluding carboxylic acids is 1. The Balaban J connectivity index is 1.59. The van der Waals surface area contributed by atoms with Gasteiger partial charge in [-0.1, -0.05) is 30.3 Å². The number of thiocarbonyl (C=S) groups is 1. The Bertz CT molecular complexity index is 817. The quantitative estimate of drug-likeness (QED) is 0.723. The Kier molecular flexibility index (Phi) is 4.36. The van der Waals surface area contributed by atoms with Crippen molar-refractivity contribution < 1.29 is 4.79 Å². The number of hydrogen-bond acceptors (Lipinski definition) is 5. The summed E-state index contributed by atoms with van der Waals surface area (Å²) in [6.07, 6.45) is 0. The molecule has 22 heavy (non-hydrogen) atoms. The van der Waals surface area contributed by atoms with E-state index in [0.717, 1.165) is 22.8 Å². The molecule has 1 amide bonds. The van der Waals surface area contributed by atoms with Crippen molar-refractivity contribution in [2.45, 2.75) is 6.54 Å². The van der Waals surface area contributed by atoms with Crippen molar-refractivity contribution in [3.05, 3.63) is 59.7 Å². The molecule has 0 fully saturated rings. The molecule has 7 heteroatoms. The van der Waals surface area contributed by atoms with Crippen molar-refractivity contribution in [3.8, 4) is 0 Å². The van der Waals surface area contributed by atoms with Gasteiger partial charge in [-0.3, -0.25) is 10.1 Å². The van der Waals surface area contributed by atoms with E-state index in [4.69, 9.17) is 12.2 Å². The average Bonchev–Trinajstić information content (AvgIpc) is 3.01. The second kappa shape index (κ2) is 6.59. The van der Waals surface area contributed by atoms with Crippen LogP contribution in [0.5, 0.6) is 0 Å². The van der Waals surface area contributed by atoms with Crippen LogP contribution in [0.25, 0.3) is 11.0 Å². The van der Waals surface area contributed by atoms with Crippen molar-refractivity contribution >= 4 is 46.0 Å². The van der Waals surface area contributed by atoms with E-state index in [1.165, 1.54) is 0 Å². The number of amides is 1. The van der Waals surface area contributed by atoms with Crippen molar-refractivity contribution in [1.82, 2.24) is 19.4 Å². The first-order chi connectivity index (χ1) is 10.7. The van der Waals surface area contributed by atoms with E-state index in [1.54, 1.807) is 18.2 Å². The summed E-state index contributed by atoms with van der Waals surface area (Å²) >= 11 is 6.26. The van der Waals surface area contributed by atoms with Crippen LogP contribution in [0.3, 0.4) is 0 Å². The van der Waals surface area contributed by atoms with Crippen LogP contribution in [0.2, 0.25) is 0 Å². The normalized spacial score (nSPS) is 10.4. The number of nitrogens with one attached hydrogen (secondary N) is 2. The Labute approximate surface area is 136 Å². The minimum Gasteiger partial charge on any atom is -0.358 e. The molecule has 3 aromatic rings. The van der Waals surface area contributed by atoms with Gasteiger partial charge in [0.2, 0.25) is 0 Å². The van der Waals surface area contributed by atoms with Gasteiger partial charge in [0.05, 0.1) is 11.7 Å². The molecule has 0 unspecified atom stereocenters. The van der Waals surface area contributed by atoms with Crippen LogP contribution in [0.15, 0.2) is 48.5 Å². The minimum absolute atomic E-state index is 0.263. The Hall–Kier alpha value is -2.38. The molecule has 5 nitrogen and oxygen atoms in total. The van der Waals surface area contributed by atoms with E-state index in [9.17, 15) is 4.79 Å². The van der Waals surface area contributed by atoms with E-state index in [-0.39, 0.29) is 5.91 Å². The molecular formula is C15H12N4OS2. The van der Waals surface area contributed by atoms with Gasteiger partial charge in [-0.05, 0) is 36.0 Å². The third-order valence-electron chi connectivity index (χ3n) is 3.04. The third-order valence-corrected chi connectivity index (χ3v) is 3.84. The highest BCUT2D eigenvalue weighted by molar-refractivity contribution is 7.80. The molecule has 0 bridgehead atoms. The first kappa shape index (κ1) is 14.6. The smallest absolute Gasteiger partial charge is 0.257 e. The molecule has 0 saturated heterocycles. The van der Waals surface area contributed by atoms with Crippen LogP contribution in [0, 0.1) is 0 Å². The lowest BCUT2D eigenvalue weighted by atomic mass is 10.2. The molecule has 110 valence electrons. The summed E-state index contributed by atoms with van der Waals surface area (Å²) in [6.45, 7) is 0.564. The Morgan fingerprint density at radius 1 is 1.09 bits per heavy atom. The molecule has 0 saturated carbocycles. The highest BCUT2D eigenvalue weighted by atomic mass is 32.1. The Morgan fingerprint density at radius 3 is 2.68 bits per heavy atom. The van der Waals surface area contributed by atoms with Crippen LogP contribution in [0.1, 0.15) is 15.9 Å². The number of rotatable bonds is 3. The van der Waals surface area contributed by atoms with Crippen molar-refractivity contribution in [2.75, 3.05) is 0 Å². The van der Waals surface area contributed by atoms with E-state index in [1.807, 2.05) is 30.3 Å². The predicted octanol–water partition coefficient (Wildman–Crippen LogP) is 2.50. The van der Waals surface area contributed by atoms with Gasteiger partial charge in [0, 0.05) is 12.1 Å². The van der Waals surface area contributed by atoms with Gasteiger partial charge in [-0.25, -0.2) is 0 Å². The summed E-state index contributed by atoms with van der Waals surface area (Å²) < 4.78 is 8.22. The van der Waals surface area contributed by atoms with Gasteiger partial charge in [-0.15, -0.1) is 0 Å². The summed E-state index contributed by atoms with van der Waals surface area (Å²) in [4.78, 5) is 12.1. The van der Waals surface area contributed by atoms with Crippen molar-refractivity contribution in [1.29, 1.82) is 0 Å². The van der Waals surface area contributed by atoms with E-state index < -0.39 is 0 Å². The molecule has 0 radical (unpaired) electrons. The number of carbonyl (C=O) groups is 1. The molecule has 0 aliphatic rings. The molecule has 3 rings (SSSR count). The summed E-state index contributed by atoms with van der Waals surface area (Å²) in [7, 11) is 0. The first-order valence-corrected chi connectivity index (χ1v) is 7.71. The van der Waals surface area contributed by atoms with E-state index in [2.05, 4.69) is 19.4 Å². The number of nitrogens with zero attached hydrogens (tertiary/aromatic N) is 2. The lowest BCUT2D eigenvalue weighted by Crippen LogP contribution is -2.38. The maximum absolute atomic E-state index is 12.1. The zero-order chi connectivity index (χ0) is 15.4. The lowest BCUT2D eigenvalue weighted by molar-refractivity contribution is 0.0977. The predicted molar refractivity (Wildman–Crippen MR) is 90.8 cm³/mol. The van der Waals surface area contributed by atoms with E-state index >= 15 is 0 Å². The maximum atomic E-state index is 12.1. The fraction of sp³-hybridized carbons (Fsp3) is 0.0667. The van der Waals surface area contributed by atoms with Crippen LogP contribution in [-0.4, -0.2) is 19.8 Å². The SMILES string of the molecule is O=C(NC(=S)NCc1ccccc1)c1ccc2nsnc2c1. The summed E-state index contributed by atoms with van der Waals surface area (Å²) in [5.41, 5.74) is 3.09. The van der Waals surface area contributed by atoms with Gasteiger partial charge >= 0.3 is 0 Å². The van der Waals surface area contributed by atoms with Crippen LogP contribution in [0.4, 0.5) is 0 Å². The topological polar surface area (TPSA) is 66.9 Å². The molecular weight excluding hydrogens is 316 g/mol. The third kappa shape index (κ3) is 3.44. The average molecular weight is 328 g/mol. The first-order valence-electron chi connectivity index (χ1n) is 6.58. The summed E-state index contributed by atoms with van der Waals surface area (Å²) in [6, 6.07) is 15.0. The molecule has 1 heterocycles. The van der Waals surface area contributed by atoms with Crippen LogP contribution < -0.4 is 10.6 Å². The summed E-state index contributed by atoms with van der Waals surface area (Å²) in [5.74, 6) is -0.263. The van der Waals surface area contributed by atoms with Crippen molar-refractivity contribution in [2.24, 2.45) is 0 Å². The number of fused-ring (bicyclic) bond motifs is 1. The molecule has 0 aliphatic carbocycles. The Morgan fingerprint density at radius 2 is 1.86 bits per heavy atom. The molecule has 0 spiro atoms. The second-order valence-electron chi connectivity index (χ2n) is 4.59. The number of aromatic nitrogens is 2. The number of hydrogen-bond donors (Lipinski definition) is 2. The highest BCUT2D eigenvalue weighted by Crippen LogP contribution is 2.13. The lowest BCUT2D eigenvalue weighted by Gasteiger charge is -2.09. The highest BCUT2D eigenvalue weighted by Gasteiger charge is 2.09. The zero-order valence-corrected chi connectivity index (χ0v) is 13.1. The molecule has 0 aliphatic heterocycles.